The fourth-order valence-electron chi connectivity index (χ4n) is 1.34. The molecule has 1 aromatic heterocycles. The number of nitrogens with zero attached hydrogens (tertiary/aromatic N) is 1. The van der Waals surface area contributed by atoms with Crippen LogP contribution >= 0.6 is 0 Å². The zero-order valence-electron chi connectivity index (χ0n) is 6.91. The Hall–Kier alpha value is -1.57. The summed E-state index contributed by atoms with van der Waals surface area (Å²) in [5.74, 6) is 0. The largest absolute Gasteiger partial charge is 0.329 e. The minimum absolute atomic E-state index is 0.536. The van der Waals surface area contributed by atoms with E-state index in [1.54, 1.807) is 0 Å². The predicted molar refractivity (Wildman–Crippen MR) is 48.8 cm³/mol. The topological polar surface area (TPSA) is 28.8 Å². The molecule has 12 heavy (non-hydrogen) atoms. The van der Waals surface area contributed by atoms with Crippen molar-refractivity contribution < 1.29 is 0 Å². The maximum Gasteiger partial charge on any atom is 0.124 e. The second-order valence-corrected chi connectivity index (χ2v) is 2.84. The van der Waals surface area contributed by atoms with Crippen LogP contribution in [0, 0.1) is 5.41 Å². The standard InChI is InChI=1S/C10H10N2/c1-12-9-5-3-2-4-8(9)6-7-10(12)11/h2-7,11H,1H3. The summed E-state index contributed by atoms with van der Waals surface area (Å²) in [7, 11) is 1.91. The third kappa shape index (κ3) is 0.925. The number of para-hydroxylation sites is 1. The van der Waals surface area contributed by atoms with E-state index in [9.17, 15) is 0 Å². The smallest absolute Gasteiger partial charge is 0.124 e. The molecule has 0 saturated carbocycles. The molecule has 1 heterocycles. The number of hydrogen-bond acceptors (Lipinski definition) is 1. The van der Waals surface area contributed by atoms with Crippen molar-refractivity contribution in [3.8, 4) is 0 Å². The molecule has 0 aliphatic carbocycles. The summed E-state index contributed by atoms with van der Waals surface area (Å²) in [6.45, 7) is 0. The van der Waals surface area contributed by atoms with E-state index < -0.39 is 0 Å². The summed E-state index contributed by atoms with van der Waals surface area (Å²) in [6.07, 6.45) is 0. The predicted octanol–water partition coefficient (Wildman–Crippen LogP) is 1.66. The number of pyridine rings is 1. The molecule has 2 heteroatoms. The Morgan fingerprint density at radius 2 is 1.83 bits per heavy atom. The van der Waals surface area contributed by atoms with Gasteiger partial charge in [0, 0.05) is 12.6 Å². The van der Waals surface area contributed by atoms with Crippen LogP contribution < -0.4 is 5.49 Å². The van der Waals surface area contributed by atoms with E-state index in [0.717, 1.165) is 5.52 Å². The van der Waals surface area contributed by atoms with Gasteiger partial charge in [0.1, 0.15) is 5.49 Å². The highest BCUT2D eigenvalue weighted by atomic mass is 14.9. The maximum absolute atomic E-state index is 7.56. The van der Waals surface area contributed by atoms with Crippen LogP contribution in [-0.2, 0) is 7.05 Å². The van der Waals surface area contributed by atoms with Crippen LogP contribution in [0.15, 0.2) is 36.4 Å². The molecule has 0 radical (unpaired) electrons. The molecular weight excluding hydrogens is 148 g/mol. The molecule has 60 valence electrons. The Bertz CT molecular complexity index is 468. The number of aromatic nitrogens is 1. The zero-order chi connectivity index (χ0) is 8.55. The van der Waals surface area contributed by atoms with Gasteiger partial charge in [-0.3, -0.25) is 5.41 Å². The van der Waals surface area contributed by atoms with E-state index in [0.29, 0.717) is 5.49 Å². The zero-order valence-corrected chi connectivity index (χ0v) is 6.91. The van der Waals surface area contributed by atoms with Crippen LogP contribution in [0.25, 0.3) is 10.9 Å². The number of rotatable bonds is 0. The molecule has 1 aromatic carbocycles. The van der Waals surface area contributed by atoms with Gasteiger partial charge in [-0.1, -0.05) is 18.2 Å². The SMILES string of the molecule is Cn1c(=N)ccc2ccccc21. The highest BCUT2D eigenvalue weighted by Crippen LogP contribution is 2.08. The summed E-state index contributed by atoms with van der Waals surface area (Å²) in [4.78, 5) is 0. The molecule has 0 unspecified atom stereocenters. The summed E-state index contributed by atoms with van der Waals surface area (Å²) in [5, 5.41) is 8.74. The normalized spacial score (nSPS) is 10.4. The summed E-state index contributed by atoms with van der Waals surface area (Å²) < 4.78 is 1.87. The highest BCUT2D eigenvalue weighted by Gasteiger charge is 1.93. The molecule has 2 nitrogen and oxygen atoms in total. The van der Waals surface area contributed by atoms with Crippen LogP contribution in [0.5, 0.6) is 0 Å². The molecule has 2 aromatic rings. The van der Waals surface area contributed by atoms with E-state index in [1.165, 1.54) is 5.39 Å². The van der Waals surface area contributed by atoms with Gasteiger partial charge in [0.2, 0.25) is 0 Å². The maximum atomic E-state index is 7.56. The van der Waals surface area contributed by atoms with Gasteiger partial charge in [-0.15, -0.1) is 0 Å². The number of fused-ring (bicyclic) bond motifs is 1. The number of benzene rings is 1. The van der Waals surface area contributed by atoms with Crippen LogP contribution in [0.4, 0.5) is 0 Å². The first-order chi connectivity index (χ1) is 5.79. The first kappa shape index (κ1) is 7.10. The van der Waals surface area contributed by atoms with Crippen LogP contribution in [0.1, 0.15) is 0 Å². The van der Waals surface area contributed by atoms with Crippen LogP contribution in [0.2, 0.25) is 0 Å². The first-order valence-electron chi connectivity index (χ1n) is 3.88. The molecule has 2 rings (SSSR count). The van der Waals surface area contributed by atoms with E-state index in [2.05, 4.69) is 6.07 Å². The Kier molecular flexibility index (Phi) is 1.47. The molecule has 0 bridgehead atoms. The van der Waals surface area contributed by atoms with Crippen LogP contribution in [-0.4, -0.2) is 4.57 Å². The fourth-order valence-corrected chi connectivity index (χ4v) is 1.34. The molecule has 0 aliphatic rings. The quantitative estimate of drug-likeness (QED) is 0.604. The molecule has 0 amide bonds. The second-order valence-electron chi connectivity index (χ2n) is 2.84. The average molecular weight is 158 g/mol. The van der Waals surface area contributed by atoms with E-state index in [-0.39, 0.29) is 0 Å². The summed E-state index contributed by atoms with van der Waals surface area (Å²) in [6, 6.07) is 11.8. The Morgan fingerprint density at radius 3 is 2.67 bits per heavy atom. The van der Waals surface area contributed by atoms with Crippen LogP contribution in [0.3, 0.4) is 0 Å². The molecule has 0 saturated heterocycles. The number of aryl methyl sites for hydroxylation is 1. The minimum Gasteiger partial charge on any atom is -0.329 e. The number of nitrogens with one attached hydrogen (secondary N) is 1. The third-order valence-corrected chi connectivity index (χ3v) is 2.08. The Morgan fingerprint density at radius 1 is 1.08 bits per heavy atom. The van der Waals surface area contributed by atoms with Crippen molar-refractivity contribution in [2.45, 2.75) is 0 Å². The van der Waals surface area contributed by atoms with Gasteiger partial charge in [0.25, 0.3) is 0 Å². The van der Waals surface area contributed by atoms with E-state index in [1.807, 2.05) is 41.9 Å². The van der Waals surface area contributed by atoms with Crippen molar-refractivity contribution in [1.82, 2.24) is 4.57 Å². The average Bonchev–Trinajstić information content (AvgIpc) is 2.12. The van der Waals surface area contributed by atoms with Gasteiger partial charge in [-0.05, 0) is 23.6 Å². The lowest BCUT2D eigenvalue weighted by molar-refractivity contribution is 0.856. The first-order valence-corrected chi connectivity index (χ1v) is 3.88. The van der Waals surface area contributed by atoms with Gasteiger partial charge < -0.3 is 4.57 Å². The lowest BCUT2D eigenvalue weighted by Gasteiger charge is -2.03. The Labute approximate surface area is 70.6 Å². The van der Waals surface area contributed by atoms with Crippen molar-refractivity contribution in [2.75, 3.05) is 0 Å². The second kappa shape index (κ2) is 2.48. The lowest BCUT2D eigenvalue weighted by atomic mass is 10.2. The third-order valence-electron chi connectivity index (χ3n) is 2.08. The van der Waals surface area contributed by atoms with Gasteiger partial charge in [0.15, 0.2) is 0 Å². The van der Waals surface area contributed by atoms with Gasteiger partial charge in [-0.25, -0.2) is 0 Å². The van der Waals surface area contributed by atoms with E-state index in [4.69, 9.17) is 5.41 Å². The molecular formula is C10H10N2. The number of hydrogen-bond donors (Lipinski definition) is 1. The van der Waals surface area contributed by atoms with Gasteiger partial charge in [0.05, 0.1) is 0 Å². The molecule has 0 spiro atoms. The lowest BCUT2D eigenvalue weighted by Crippen LogP contribution is -2.14. The van der Waals surface area contributed by atoms with Gasteiger partial charge >= 0.3 is 0 Å². The molecule has 0 aliphatic heterocycles. The monoisotopic (exact) mass is 158 g/mol. The van der Waals surface area contributed by atoms with Gasteiger partial charge in [-0.2, -0.15) is 0 Å². The Balaban J connectivity index is 3.01. The summed E-state index contributed by atoms with van der Waals surface area (Å²) in [5.41, 5.74) is 1.64. The molecule has 0 fully saturated rings. The fraction of sp³-hybridized carbons (Fsp3) is 0.100. The van der Waals surface area contributed by atoms with Crippen molar-refractivity contribution in [3.63, 3.8) is 0 Å². The van der Waals surface area contributed by atoms with Crippen molar-refractivity contribution in [3.05, 3.63) is 41.9 Å². The van der Waals surface area contributed by atoms with Crippen molar-refractivity contribution >= 4 is 10.9 Å². The minimum atomic E-state index is 0.536. The van der Waals surface area contributed by atoms with Crippen molar-refractivity contribution in [1.29, 1.82) is 5.41 Å². The molecule has 0 atom stereocenters. The van der Waals surface area contributed by atoms with Crippen molar-refractivity contribution in [2.24, 2.45) is 7.05 Å². The summed E-state index contributed by atoms with van der Waals surface area (Å²) >= 11 is 0. The highest BCUT2D eigenvalue weighted by molar-refractivity contribution is 5.78. The molecule has 1 N–H and O–H groups in total. The van der Waals surface area contributed by atoms with E-state index >= 15 is 0 Å².